The van der Waals surface area contributed by atoms with Crippen molar-refractivity contribution in [3.8, 4) is 0 Å². The summed E-state index contributed by atoms with van der Waals surface area (Å²) < 4.78 is 0. The fraction of sp³-hybridized carbons (Fsp3) is 0.481. The number of aromatic nitrogens is 1. The molecule has 1 aromatic heterocycles. The normalized spacial score (nSPS) is 13.6. The Balaban J connectivity index is 0.000000218. The van der Waals surface area contributed by atoms with Crippen LogP contribution in [0.25, 0.3) is 0 Å². The van der Waals surface area contributed by atoms with Crippen LogP contribution in [0.3, 0.4) is 0 Å². The third-order valence-corrected chi connectivity index (χ3v) is 4.59. The Morgan fingerprint density at radius 3 is 1.52 bits per heavy atom. The molecule has 1 aromatic carbocycles. The lowest BCUT2D eigenvalue weighted by Gasteiger charge is -2.18. The zero-order valence-electron chi connectivity index (χ0n) is 20.0. The summed E-state index contributed by atoms with van der Waals surface area (Å²) in [4.78, 5) is 8.36. The second kappa shape index (κ2) is 10.5. The summed E-state index contributed by atoms with van der Waals surface area (Å²) in [6.07, 6.45) is 5.99. The summed E-state index contributed by atoms with van der Waals surface area (Å²) in [5.74, 6) is 0. The van der Waals surface area contributed by atoms with Gasteiger partial charge in [-0.2, -0.15) is 0 Å². The average molecular weight is 393 g/mol. The van der Waals surface area contributed by atoms with E-state index < -0.39 is 0 Å². The molecule has 0 bridgehead atoms. The molecule has 0 unspecified atom stereocenters. The van der Waals surface area contributed by atoms with Gasteiger partial charge in [0.05, 0.1) is 6.54 Å². The molecule has 1 aliphatic heterocycles. The number of allylic oxidation sites excluding steroid dienone is 1. The maximum atomic E-state index is 4.25. The van der Waals surface area contributed by atoms with Gasteiger partial charge < -0.3 is 0 Å². The van der Waals surface area contributed by atoms with Gasteiger partial charge in [-0.3, -0.25) is 9.98 Å². The highest BCUT2D eigenvalue weighted by Gasteiger charge is 2.16. The van der Waals surface area contributed by atoms with Gasteiger partial charge >= 0.3 is 0 Å². The first-order chi connectivity index (χ1) is 13.3. The molecule has 2 heterocycles. The van der Waals surface area contributed by atoms with Crippen LogP contribution >= 0.6 is 0 Å². The molecule has 0 fully saturated rings. The SMILES string of the molecule is CC(C)(C)C1=CCN=C1.CC(C)(C)c1ccccc1.CC(C)(C)c1ccccn1. The van der Waals surface area contributed by atoms with Crippen LogP contribution in [0.5, 0.6) is 0 Å². The van der Waals surface area contributed by atoms with Gasteiger partial charge in [0.15, 0.2) is 0 Å². The van der Waals surface area contributed by atoms with Crippen LogP contribution in [0.15, 0.2) is 71.4 Å². The van der Waals surface area contributed by atoms with E-state index in [1.165, 1.54) is 11.1 Å². The van der Waals surface area contributed by atoms with Crippen molar-refractivity contribution in [2.45, 2.75) is 73.1 Å². The average Bonchev–Trinajstić information content (AvgIpc) is 3.18. The fourth-order valence-corrected chi connectivity index (χ4v) is 2.60. The molecule has 2 nitrogen and oxygen atoms in total. The number of hydrogen-bond acceptors (Lipinski definition) is 2. The third kappa shape index (κ3) is 9.69. The minimum Gasteiger partial charge on any atom is -0.289 e. The van der Waals surface area contributed by atoms with E-state index in [4.69, 9.17) is 0 Å². The highest BCUT2D eigenvalue weighted by molar-refractivity contribution is 5.82. The zero-order valence-corrected chi connectivity index (χ0v) is 20.0. The molecule has 0 atom stereocenters. The first kappa shape index (κ1) is 24.8. The van der Waals surface area contributed by atoms with Gasteiger partial charge in [0.25, 0.3) is 0 Å². The number of pyridine rings is 1. The van der Waals surface area contributed by atoms with Gasteiger partial charge in [0, 0.05) is 23.5 Å². The molecule has 2 aromatic rings. The Hall–Kier alpha value is -2.22. The van der Waals surface area contributed by atoms with Gasteiger partial charge in [-0.25, -0.2) is 0 Å². The topological polar surface area (TPSA) is 25.2 Å². The molecule has 0 saturated heterocycles. The molecule has 0 saturated carbocycles. The molecule has 0 aliphatic carbocycles. The van der Waals surface area contributed by atoms with Gasteiger partial charge in [0.1, 0.15) is 0 Å². The summed E-state index contributed by atoms with van der Waals surface area (Å²) in [6.45, 7) is 20.7. The molecule has 3 rings (SSSR count). The van der Waals surface area contributed by atoms with E-state index in [2.05, 4.69) is 115 Å². The summed E-state index contributed by atoms with van der Waals surface area (Å²) in [5, 5.41) is 0. The number of hydrogen-bond donors (Lipinski definition) is 0. The molecule has 29 heavy (non-hydrogen) atoms. The van der Waals surface area contributed by atoms with Crippen LogP contribution in [0.2, 0.25) is 0 Å². The van der Waals surface area contributed by atoms with Crippen LogP contribution in [-0.4, -0.2) is 17.7 Å². The van der Waals surface area contributed by atoms with Gasteiger partial charge in [-0.1, -0.05) is 105 Å². The lowest BCUT2D eigenvalue weighted by Crippen LogP contribution is -2.12. The predicted octanol–water partition coefficient (Wildman–Crippen LogP) is 7.41. The van der Waals surface area contributed by atoms with Crippen LogP contribution in [-0.2, 0) is 10.8 Å². The second-order valence-corrected chi connectivity index (χ2v) is 10.5. The van der Waals surface area contributed by atoms with Crippen molar-refractivity contribution in [1.29, 1.82) is 0 Å². The number of nitrogens with zero attached hydrogens (tertiary/aromatic N) is 2. The Labute approximate surface area is 179 Å². The Morgan fingerprint density at radius 1 is 0.655 bits per heavy atom. The summed E-state index contributed by atoms with van der Waals surface area (Å²) in [6, 6.07) is 16.6. The predicted molar refractivity (Wildman–Crippen MR) is 129 cm³/mol. The molecule has 0 radical (unpaired) electrons. The Kier molecular flexibility index (Phi) is 9.01. The maximum absolute atomic E-state index is 4.25. The van der Waals surface area contributed by atoms with Crippen LogP contribution in [0, 0.1) is 5.41 Å². The molecule has 0 amide bonds. The van der Waals surface area contributed by atoms with Crippen molar-refractivity contribution >= 4 is 6.21 Å². The quantitative estimate of drug-likeness (QED) is 0.458. The number of rotatable bonds is 0. The highest BCUT2D eigenvalue weighted by Crippen LogP contribution is 2.25. The van der Waals surface area contributed by atoms with Crippen molar-refractivity contribution in [2.75, 3.05) is 6.54 Å². The van der Waals surface area contributed by atoms with E-state index in [0.29, 0.717) is 10.8 Å². The molecular formula is C27H40N2. The number of aliphatic imine (C=N–C) groups is 1. The Morgan fingerprint density at radius 2 is 1.24 bits per heavy atom. The fourth-order valence-electron chi connectivity index (χ4n) is 2.60. The van der Waals surface area contributed by atoms with Crippen molar-refractivity contribution in [2.24, 2.45) is 10.4 Å². The largest absolute Gasteiger partial charge is 0.289 e. The highest BCUT2D eigenvalue weighted by atomic mass is 14.7. The summed E-state index contributed by atoms with van der Waals surface area (Å²) in [7, 11) is 0. The van der Waals surface area contributed by atoms with E-state index >= 15 is 0 Å². The lowest BCUT2D eigenvalue weighted by molar-refractivity contribution is 0.527. The first-order valence-electron chi connectivity index (χ1n) is 10.5. The molecule has 2 heteroatoms. The molecule has 0 N–H and O–H groups in total. The smallest absolute Gasteiger partial charge is 0.0576 e. The second-order valence-electron chi connectivity index (χ2n) is 10.5. The molecule has 0 spiro atoms. The van der Waals surface area contributed by atoms with E-state index in [1.54, 1.807) is 0 Å². The summed E-state index contributed by atoms with van der Waals surface area (Å²) in [5.41, 5.74) is 4.68. The number of benzene rings is 1. The van der Waals surface area contributed by atoms with E-state index in [1.807, 2.05) is 24.5 Å². The van der Waals surface area contributed by atoms with Crippen LogP contribution < -0.4 is 0 Å². The van der Waals surface area contributed by atoms with Crippen molar-refractivity contribution < 1.29 is 0 Å². The van der Waals surface area contributed by atoms with Crippen LogP contribution in [0.1, 0.15) is 73.6 Å². The van der Waals surface area contributed by atoms with Crippen molar-refractivity contribution in [3.63, 3.8) is 0 Å². The van der Waals surface area contributed by atoms with Crippen molar-refractivity contribution in [1.82, 2.24) is 4.98 Å². The monoisotopic (exact) mass is 392 g/mol. The standard InChI is InChI=1S/C10H14.C9H13N.C8H13N/c1-10(2,3)9-7-5-4-6-8-9;1-9(2,3)8-6-4-5-7-10-8;1-8(2,3)7-4-5-9-6-7/h4-8H,1-3H3;4-7H,1-3H3;4,6H,5H2,1-3H3. The lowest BCUT2D eigenvalue weighted by atomic mass is 9.87. The van der Waals surface area contributed by atoms with Gasteiger partial charge in [-0.05, 0) is 34.1 Å². The first-order valence-corrected chi connectivity index (χ1v) is 10.5. The molecule has 1 aliphatic rings. The minimum atomic E-state index is 0.182. The zero-order chi connectivity index (χ0) is 22.1. The van der Waals surface area contributed by atoms with E-state index in [0.717, 1.165) is 12.2 Å². The maximum Gasteiger partial charge on any atom is 0.0576 e. The summed E-state index contributed by atoms with van der Waals surface area (Å²) >= 11 is 0. The van der Waals surface area contributed by atoms with E-state index in [-0.39, 0.29) is 5.41 Å². The molecule has 158 valence electrons. The minimum absolute atomic E-state index is 0.182. The van der Waals surface area contributed by atoms with Gasteiger partial charge in [-0.15, -0.1) is 0 Å². The molecular weight excluding hydrogens is 352 g/mol. The van der Waals surface area contributed by atoms with E-state index in [9.17, 15) is 0 Å². The van der Waals surface area contributed by atoms with Gasteiger partial charge in [0.2, 0.25) is 0 Å². The Bertz CT molecular complexity index is 716. The van der Waals surface area contributed by atoms with Crippen molar-refractivity contribution in [3.05, 3.63) is 77.6 Å². The van der Waals surface area contributed by atoms with Crippen LogP contribution in [0.4, 0.5) is 0 Å². The third-order valence-electron chi connectivity index (χ3n) is 4.59.